The average Bonchev–Trinajstić information content (AvgIpc) is 3.29. The van der Waals surface area contributed by atoms with Crippen molar-refractivity contribution in [3.63, 3.8) is 0 Å². The fraction of sp³-hybridized carbons (Fsp3) is 0.524. The maximum Gasteiger partial charge on any atom is 0.282 e. The largest absolute Gasteiger partial charge is 0.336 e. The summed E-state index contributed by atoms with van der Waals surface area (Å²) in [5, 5.41) is 4.91. The number of piperazine rings is 1. The second kappa shape index (κ2) is 9.28. The summed E-state index contributed by atoms with van der Waals surface area (Å²) in [6.45, 7) is 1.33. The summed E-state index contributed by atoms with van der Waals surface area (Å²) in [6, 6.07) is 7.28. The standard InChI is InChI=1S/C21H28ClN5O3S/c1-24(19-5-3-2-4-6-19)31(29,30)26-13-11-25(12-14-26)21(28)17-15-23-27(16-17)20-9-7-18(22)8-10-20/h7-10,15-16,19H,2-6,11-14H2,1H3. The highest BCUT2D eigenvalue weighted by atomic mass is 35.5. The van der Waals surface area contributed by atoms with Gasteiger partial charge in [-0.2, -0.15) is 22.1 Å². The Kier molecular flexibility index (Phi) is 6.66. The lowest BCUT2D eigenvalue weighted by molar-refractivity contribution is 0.0693. The van der Waals surface area contributed by atoms with Gasteiger partial charge in [-0.05, 0) is 37.1 Å². The van der Waals surface area contributed by atoms with Gasteiger partial charge in [0.15, 0.2) is 0 Å². The van der Waals surface area contributed by atoms with Crippen molar-refractivity contribution in [2.75, 3.05) is 33.2 Å². The van der Waals surface area contributed by atoms with Gasteiger partial charge in [0.25, 0.3) is 16.1 Å². The molecule has 2 heterocycles. The first-order chi connectivity index (χ1) is 14.9. The molecule has 0 bridgehead atoms. The number of benzene rings is 1. The lowest BCUT2D eigenvalue weighted by Gasteiger charge is -2.38. The minimum Gasteiger partial charge on any atom is -0.336 e. The first-order valence-electron chi connectivity index (χ1n) is 10.7. The molecule has 0 unspecified atom stereocenters. The molecule has 2 aliphatic rings. The van der Waals surface area contributed by atoms with E-state index in [1.807, 2.05) is 12.1 Å². The Morgan fingerprint density at radius 1 is 1.06 bits per heavy atom. The number of rotatable bonds is 5. The van der Waals surface area contributed by atoms with Crippen molar-refractivity contribution in [3.05, 3.63) is 47.2 Å². The molecule has 1 amide bonds. The maximum absolute atomic E-state index is 13.0. The van der Waals surface area contributed by atoms with Crippen molar-refractivity contribution >= 4 is 27.7 Å². The topological polar surface area (TPSA) is 78.8 Å². The highest BCUT2D eigenvalue weighted by molar-refractivity contribution is 7.86. The predicted octanol–water partition coefficient (Wildman–Crippen LogP) is 2.79. The van der Waals surface area contributed by atoms with Crippen LogP contribution in [-0.2, 0) is 10.2 Å². The third kappa shape index (κ3) is 4.79. The molecule has 2 fully saturated rings. The zero-order valence-corrected chi connectivity index (χ0v) is 19.2. The summed E-state index contributed by atoms with van der Waals surface area (Å²) in [5.74, 6) is -0.141. The van der Waals surface area contributed by atoms with Gasteiger partial charge in [-0.1, -0.05) is 30.9 Å². The van der Waals surface area contributed by atoms with E-state index in [0.717, 1.165) is 31.4 Å². The molecular formula is C21H28ClN5O3S. The predicted molar refractivity (Wildman–Crippen MR) is 120 cm³/mol. The van der Waals surface area contributed by atoms with Gasteiger partial charge in [0, 0.05) is 50.5 Å². The van der Waals surface area contributed by atoms with E-state index in [-0.39, 0.29) is 11.9 Å². The molecule has 0 spiro atoms. The molecule has 10 heteroatoms. The third-order valence-corrected chi connectivity index (χ3v) is 8.52. The Morgan fingerprint density at radius 2 is 1.71 bits per heavy atom. The Bertz CT molecular complexity index is 1010. The number of aromatic nitrogens is 2. The molecule has 1 aliphatic carbocycles. The number of carbonyl (C=O) groups is 1. The van der Waals surface area contributed by atoms with Crippen LogP contribution in [-0.4, -0.2) is 76.9 Å². The van der Waals surface area contributed by atoms with E-state index in [1.54, 1.807) is 39.3 Å². The minimum atomic E-state index is -3.51. The van der Waals surface area contributed by atoms with E-state index in [0.29, 0.717) is 36.8 Å². The molecule has 8 nitrogen and oxygen atoms in total. The number of hydrogen-bond donors (Lipinski definition) is 0. The molecule has 2 aromatic rings. The molecule has 0 N–H and O–H groups in total. The fourth-order valence-electron chi connectivity index (χ4n) is 4.29. The molecule has 168 valence electrons. The van der Waals surface area contributed by atoms with Crippen LogP contribution in [0.2, 0.25) is 5.02 Å². The zero-order valence-electron chi connectivity index (χ0n) is 17.7. The number of nitrogens with zero attached hydrogens (tertiary/aromatic N) is 5. The monoisotopic (exact) mass is 465 g/mol. The van der Waals surface area contributed by atoms with Crippen LogP contribution in [0.25, 0.3) is 5.69 Å². The summed E-state index contributed by atoms with van der Waals surface area (Å²) in [5.41, 5.74) is 1.29. The van der Waals surface area contributed by atoms with Crippen molar-refractivity contribution in [1.82, 2.24) is 23.3 Å². The minimum absolute atomic E-state index is 0.0807. The molecule has 4 rings (SSSR count). The van der Waals surface area contributed by atoms with Gasteiger partial charge in [-0.25, -0.2) is 4.68 Å². The van der Waals surface area contributed by atoms with Gasteiger partial charge in [-0.15, -0.1) is 0 Å². The van der Waals surface area contributed by atoms with Crippen LogP contribution >= 0.6 is 11.6 Å². The van der Waals surface area contributed by atoms with Gasteiger partial charge < -0.3 is 4.90 Å². The molecule has 1 saturated heterocycles. The Labute approximate surface area is 188 Å². The van der Waals surface area contributed by atoms with Crippen molar-refractivity contribution < 1.29 is 13.2 Å². The Morgan fingerprint density at radius 3 is 2.35 bits per heavy atom. The first-order valence-corrected chi connectivity index (χ1v) is 12.5. The van der Waals surface area contributed by atoms with Gasteiger partial charge >= 0.3 is 0 Å². The molecule has 31 heavy (non-hydrogen) atoms. The molecular weight excluding hydrogens is 438 g/mol. The van der Waals surface area contributed by atoms with E-state index in [1.165, 1.54) is 16.9 Å². The smallest absolute Gasteiger partial charge is 0.282 e. The van der Waals surface area contributed by atoms with E-state index in [4.69, 9.17) is 11.6 Å². The van der Waals surface area contributed by atoms with Crippen molar-refractivity contribution in [1.29, 1.82) is 0 Å². The van der Waals surface area contributed by atoms with Gasteiger partial charge in [0.05, 0.1) is 17.4 Å². The zero-order chi connectivity index (χ0) is 22.0. The number of hydrogen-bond acceptors (Lipinski definition) is 4. The highest BCUT2D eigenvalue weighted by Crippen LogP contribution is 2.25. The number of amides is 1. The van der Waals surface area contributed by atoms with Crippen LogP contribution in [0, 0.1) is 0 Å². The van der Waals surface area contributed by atoms with Gasteiger partial charge in [-0.3, -0.25) is 4.79 Å². The van der Waals surface area contributed by atoms with Crippen molar-refractivity contribution in [2.45, 2.75) is 38.1 Å². The molecule has 0 atom stereocenters. The second-order valence-electron chi connectivity index (χ2n) is 8.16. The average molecular weight is 466 g/mol. The molecule has 1 aromatic heterocycles. The number of halogens is 1. The summed E-state index contributed by atoms with van der Waals surface area (Å²) in [4.78, 5) is 14.6. The van der Waals surface area contributed by atoms with E-state index < -0.39 is 10.2 Å². The van der Waals surface area contributed by atoms with Crippen LogP contribution < -0.4 is 0 Å². The molecule has 1 saturated carbocycles. The van der Waals surface area contributed by atoms with Gasteiger partial charge in [0.2, 0.25) is 0 Å². The second-order valence-corrected chi connectivity index (χ2v) is 10.6. The number of carbonyl (C=O) groups excluding carboxylic acids is 1. The summed E-state index contributed by atoms with van der Waals surface area (Å²) in [7, 11) is -1.82. The fourth-order valence-corrected chi connectivity index (χ4v) is 5.99. The van der Waals surface area contributed by atoms with Crippen LogP contribution in [0.4, 0.5) is 0 Å². The van der Waals surface area contributed by atoms with Crippen LogP contribution in [0.5, 0.6) is 0 Å². The normalized spacial score (nSPS) is 19.1. The van der Waals surface area contributed by atoms with E-state index in [2.05, 4.69) is 5.10 Å². The first kappa shape index (κ1) is 22.3. The van der Waals surface area contributed by atoms with Crippen LogP contribution in [0.1, 0.15) is 42.5 Å². The molecule has 1 aliphatic heterocycles. The van der Waals surface area contributed by atoms with Crippen LogP contribution in [0.15, 0.2) is 36.7 Å². The molecule has 0 radical (unpaired) electrons. The quantitative estimate of drug-likeness (QED) is 0.680. The SMILES string of the molecule is CN(C1CCCCC1)S(=O)(=O)N1CCN(C(=O)c2cnn(-c3ccc(Cl)cc3)c2)CC1. The third-order valence-electron chi connectivity index (χ3n) is 6.23. The van der Waals surface area contributed by atoms with Gasteiger partial charge in [0.1, 0.15) is 0 Å². The highest BCUT2D eigenvalue weighted by Gasteiger charge is 2.35. The van der Waals surface area contributed by atoms with E-state index >= 15 is 0 Å². The lowest BCUT2D eigenvalue weighted by atomic mass is 9.96. The summed E-state index contributed by atoms with van der Waals surface area (Å²) in [6.07, 6.45) is 8.41. The Balaban J connectivity index is 1.37. The lowest BCUT2D eigenvalue weighted by Crippen LogP contribution is -2.55. The van der Waals surface area contributed by atoms with Crippen molar-refractivity contribution in [3.8, 4) is 5.69 Å². The molecule has 1 aromatic carbocycles. The summed E-state index contributed by atoms with van der Waals surface area (Å²) >= 11 is 5.92. The van der Waals surface area contributed by atoms with E-state index in [9.17, 15) is 13.2 Å². The maximum atomic E-state index is 13.0. The Hall–Kier alpha value is -1.94. The summed E-state index contributed by atoms with van der Waals surface area (Å²) < 4.78 is 30.8. The van der Waals surface area contributed by atoms with Crippen molar-refractivity contribution in [2.24, 2.45) is 0 Å². The van der Waals surface area contributed by atoms with Crippen LogP contribution in [0.3, 0.4) is 0 Å².